The summed E-state index contributed by atoms with van der Waals surface area (Å²) in [5, 5.41) is 0. The lowest BCUT2D eigenvalue weighted by Gasteiger charge is -2.07. The molecule has 0 amide bonds. The van der Waals surface area contributed by atoms with Gasteiger partial charge < -0.3 is 9.47 Å². The van der Waals surface area contributed by atoms with Gasteiger partial charge in [-0.05, 0) is 46.3 Å². The van der Waals surface area contributed by atoms with Crippen LogP contribution in [0, 0.1) is 6.07 Å². The van der Waals surface area contributed by atoms with Crippen molar-refractivity contribution >= 4 is 15.9 Å². The van der Waals surface area contributed by atoms with Crippen molar-refractivity contribution in [3.8, 4) is 17.2 Å². The summed E-state index contributed by atoms with van der Waals surface area (Å²) in [6.45, 7) is 0. The van der Waals surface area contributed by atoms with E-state index in [1.165, 1.54) is 0 Å². The number of halogens is 1. The van der Waals surface area contributed by atoms with E-state index in [2.05, 4.69) is 22.0 Å². The third-order valence-corrected chi connectivity index (χ3v) is 2.67. The monoisotopic (exact) mass is 277 g/mol. The van der Waals surface area contributed by atoms with Crippen LogP contribution < -0.4 is 9.47 Å². The van der Waals surface area contributed by atoms with Gasteiger partial charge in [0.05, 0.1) is 11.6 Å². The topological polar surface area (TPSA) is 18.5 Å². The Morgan fingerprint density at radius 3 is 2.38 bits per heavy atom. The van der Waals surface area contributed by atoms with Crippen LogP contribution in [0.2, 0.25) is 0 Å². The Hall–Kier alpha value is -1.48. The minimum atomic E-state index is 0.674. The SMILES string of the molecule is COc1ccc(Oc2[c]cccc2Br)cc1. The molecule has 0 fully saturated rings. The molecule has 0 saturated carbocycles. The largest absolute Gasteiger partial charge is 0.497 e. The number of methoxy groups -OCH3 is 1. The molecule has 2 rings (SSSR count). The van der Waals surface area contributed by atoms with Gasteiger partial charge in [0.1, 0.15) is 17.2 Å². The first-order valence-corrected chi connectivity index (χ1v) is 5.57. The maximum Gasteiger partial charge on any atom is 0.149 e. The van der Waals surface area contributed by atoms with E-state index in [9.17, 15) is 0 Å². The standard InChI is InChI=1S/C13H10BrO2/c1-15-10-6-8-11(9-7-10)16-13-5-3-2-4-12(13)14/h2-4,6-9H,1H3. The lowest BCUT2D eigenvalue weighted by atomic mass is 10.3. The molecule has 0 saturated heterocycles. The molecule has 81 valence electrons. The van der Waals surface area contributed by atoms with Crippen LogP contribution in [0.5, 0.6) is 17.2 Å². The Kier molecular flexibility index (Phi) is 3.47. The van der Waals surface area contributed by atoms with Gasteiger partial charge in [0.2, 0.25) is 0 Å². The molecular formula is C13H10BrO2. The number of ether oxygens (including phenoxy) is 2. The lowest BCUT2D eigenvalue weighted by Crippen LogP contribution is -1.86. The average molecular weight is 278 g/mol. The van der Waals surface area contributed by atoms with E-state index in [1.807, 2.05) is 42.5 Å². The number of para-hydroxylation sites is 1. The minimum Gasteiger partial charge on any atom is -0.497 e. The summed E-state index contributed by atoms with van der Waals surface area (Å²) >= 11 is 3.40. The van der Waals surface area contributed by atoms with Crippen LogP contribution in [0.4, 0.5) is 0 Å². The van der Waals surface area contributed by atoms with Gasteiger partial charge in [0, 0.05) is 6.07 Å². The zero-order valence-electron chi connectivity index (χ0n) is 8.74. The fourth-order valence-corrected chi connectivity index (χ4v) is 1.59. The van der Waals surface area contributed by atoms with Crippen molar-refractivity contribution in [1.29, 1.82) is 0 Å². The molecule has 2 aromatic rings. The highest BCUT2D eigenvalue weighted by atomic mass is 79.9. The molecule has 16 heavy (non-hydrogen) atoms. The fraction of sp³-hybridized carbons (Fsp3) is 0.0769. The average Bonchev–Trinajstić information content (AvgIpc) is 2.33. The summed E-state index contributed by atoms with van der Waals surface area (Å²) in [7, 11) is 1.64. The third kappa shape index (κ3) is 2.55. The molecule has 0 bridgehead atoms. The molecule has 0 spiro atoms. The van der Waals surface area contributed by atoms with Crippen LogP contribution in [0.1, 0.15) is 0 Å². The maximum atomic E-state index is 5.65. The van der Waals surface area contributed by atoms with Crippen molar-refractivity contribution in [3.05, 3.63) is 53.0 Å². The second kappa shape index (κ2) is 5.03. The molecule has 3 heteroatoms. The minimum absolute atomic E-state index is 0.674. The van der Waals surface area contributed by atoms with Crippen molar-refractivity contribution in [3.63, 3.8) is 0 Å². The van der Waals surface area contributed by atoms with Crippen molar-refractivity contribution in [2.24, 2.45) is 0 Å². The summed E-state index contributed by atoms with van der Waals surface area (Å²) in [6, 6.07) is 16.0. The molecule has 0 unspecified atom stereocenters. The smallest absolute Gasteiger partial charge is 0.149 e. The lowest BCUT2D eigenvalue weighted by molar-refractivity contribution is 0.412. The van der Waals surface area contributed by atoms with Crippen molar-refractivity contribution in [2.75, 3.05) is 7.11 Å². The Morgan fingerprint density at radius 1 is 1.06 bits per heavy atom. The number of hydrogen-bond acceptors (Lipinski definition) is 2. The number of benzene rings is 2. The Morgan fingerprint density at radius 2 is 1.75 bits per heavy atom. The van der Waals surface area contributed by atoms with Crippen molar-refractivity contribution in [1.82, 2.24) is 0 Å². The predicted molar refractivity (Wildman–Crippen MR) is 66.0 cm³/mol. The van der Waals surface area contributed by atoms with E-state index in [4.69, 9.17) is 9.47 Å². The molecule has 1 radical (unpaired) electrons. The number of rotatable bonds is 3. The normalized spacial score (nSPS) is 9.88. The van der Waals surface area contributed by atoms with Crippen LogP contribution in [0.25, 0.3) is 0 Å². The Bertz CT molecular complexity index is 466. The molecule has 0 N–H and O–H groups in total. The Balaban J connectivity index is 2.18. The highest BCUT2D eigenvalue weighted by molar-refractivity contribution is 9.10. The van der Waals surface area contributed by atoms with Crippen LogP contribution in [-0.2, 0) is 0 Å². The second-order valence-electron chi connectivity index (χ2n) is 3.12. The quantitative estimate of drug-likeness (QED) is 0.843. The van der Waals surface area contributed by atoms with E-state index in [-0.39, 0.29) is 0 Å². The summed E-state index contributed by atoms with van der Waals surface area (Å²) < 4.78 is 11.6. The zero-order valence-corrected chi connectivity index (χ0v) is 10.3. The van der Waals surface area contributed by atoms with Gasteiger partial charge in [-0.2, -0.15) is 0 Å². The molecule has 0 aromatic heterocycles. The predicted octanol–water partition coefficient (Wildman–Crippen LogP) is 4.05. The van der Waals surface area contributed by atoms with E-state index in [1.54, 1.807) is 7.11 Å². The van der Waals surface area contributed by atoms with Gasteiger partial charge in [-0.3, -0.25) is 0 Å². The molecule has 2 nitrogen and oxygen atoms in total. The Labute approximate surface area is 103 Å². The van der Waals surface area contributed by atoms with Crippen LogP contribution >= 0.6 is 15.9 Å². The second-order valence-corrected chi connectivity index (χ2v) is 3.98. The highest BCUT2D eigenvalue weighted by Gasteiger charge is 2.01. The maximum absolute atomic E-state index is 5.65. The number of hydrogen-bond donors (Lipinski definition) is 0. The van der Waals surface area contributed by atoms with Gasteiger partial charge in [-0.25, -0.2) is 0 Å². The molecule has 0 aliphatic carbocycles. The first-order valence-electron chi connectivity index (χ1n) is 4.77. The molecule has 0 aliphatic rings. The van der Waals surface area contributed by atoms with E-state index in [0.717, 1.165) is 16.0 Å². The molecule has 0 atom stereocenters. The van der Waals surface area contributed by atoms with E-state index in [0.29, 0.717) is 5.75 Å². The van der Waals surface area contributed by atoms with Crippen LogP contribution in [0.15, 0.2) is 46.9 Å². The molecule has 0 aliphatic heterocycles. The van der Waals surface area contributed by atoms with Crippen LogP contribution in [-0.4, -0.2) is 7.11 Å². The van der Waals surface area contributed by atoms with Crippen molar-refractivity contribution < 1.29 is 9.47 Å². The summed E-state index contributed by atoms with van der Waals surface area (Å²) in [5.41, 5.74) is 0. The van der Waals surface area contributed by atoms with Gasteiger partial charge in [0.25, 0.3) is 0 Å². The third-order valence-electron chi connectivity index (χ3n) is 2.05. The van der Waals surface area contributed by atoms with Crippen molar-refractivity contribution in [2.45, 2.75) is 0 Å². The first-order chi connectivity index (χ1) is 7.79. The van der Waals surface area contributed by atoms with E-state index >= 15 is 0 Å². The molecule has 2 aromatic carbocycles. The fourth-order valence-electron chi connectivity index (χ4n) is 1.24. The van der Waals surface area contributed by atoms with E-state index < -0.39 is 0 Å². The highest BCUT2D eigenvalue weighted by Crippen LogP contribution is 2.29. The van der Waals surface area contributed by atoms with Gasteiger partial charge in [-0.15, -0.1) is 0 Å². The molecular weight excluding hydrogens is 268 g/mol. The van der Waals surface area contributed by atoms with Gasteiger partial charge >= 0.3 is 0 Å². The molecule has 0 heterocycles. The summed E-state index contributed by atoms with van der Waals surface area (Å²) in [5.74, 6) is 2.24. The van der Waals surface area contributed by atoms with Gasteiger partial charge in [-0.1, -0.05) is 12.1 Å². The zero-order chi connectivity index (χ0) is 11.4. The first kappa shape index (κ1) is 11.0. The summed E-state index contributed by atoms with van der Waals surface area (Å²) in [6.07, 6.45) is 0. The van der Waals surface area contributed by atoms with Gasteiger partial charge in [0.15, 0.2) is 0 Å². The summed E-state index contributed by atoms with van der Waals surface area (Å²) in [4.78, 5) is 0. The van der Waals surface area contributed by atoms with Crippen LogP contribution in [0.3, 0.4) is 0 Å².